The van der Waals surface area contributed by atoms with Crippen LogP contribution in [0.25, 0.3) is 6.08 Å². The highest BCUT2D eigenvalue weighted by molar-refractivity contribution is 7.16. The van der Waals surface area contributed by atoms with Gasteiger partial charge in [0, 0.05) is 43.2 Å². The molecule has 6 heteroatoms. The average Bonchev–Trinajstić information content (AvgIpc) is 3.06. The molecular formula is C19H19ClN2O2S. The van der Waals surface area contributed by atoms with Crippen LogP contribution in [0.2, 0.25) is 4.34 Å². The minimum atomic E-state index is 0.0910. The smallest absolute Gasteiger partial charge is 0.253 e. The number of halogens is 1. The quantitative estimate of drug-likeness (QED) is 0.824. The molecule has 0 unspecified atom stereocenters. The molecule has 2 aromatic rings. The Morgan fingerprint density at radius 2 is 1.92 bits per heavy atom. The number of carbonyl (C=O) groups is 1. The highest BCUT2D eigenvalue weighted by atomic mass is 35.5. The molecule has 25 heavy (non-hydrogen) atoms. The van der Waals surface area contributed by atoms with Gasteiger partial charge in [0.05, 0.1) is 9.91 Å². The molecule has 0 saturated carbocycles. The summed E-state index contributed by atoms with van der Waals surface area (Å²) in [5, 5.41) is 0. The van der Waals surface area contributed by atoms with Crippen LogP contribution in [-0.2, 0) is 11.3 Å². The Kier molecular flexibility index (Phi) is 4.79. The highest BCUT2D eigenvalue weighted by Crippen LogP contribution is 2.27. The maximum atomic E-state index is 12.8. The zero-order valence-electron chi connectivity index (χ0n) is 13.8. The zero-order valence-corrected chi connectivity index (χ0v) is 15.4. The molecule has 1 aromatic carbocycles. The summed E-state index contributed by atoms with van der Waals surface area (Å²) in [7, 11) is 0. The summed E-state index contributed by atoms with van der Waals surface area (Å²) >= 11 is 7.62. The van der Waals surface area contributed by atoms with Gasteiger partial charge in [-0.25, -0.2) is 0 Å². The second-order valence-corrected chi connectivity index (χ2v) is 8.07. The lowest BCUT2D eigenvalue weighted by molar-refractivity contribution is -0.129. The maximum Gasteiger partial charge on any atom is 0.253 e. The van der Waals surface area contributed by atoms with Gasteiger partial charge in [-0.1, -0.05) is 29.8 Å². The Labute approximate surface area is 156 Å². The van der Waals surface area contributed by atoms with Gasteiger partial charge in [-0.3, -0.25) is 9.69 Å². The van der Waals surface area contributed by atoms with Crippen molar-refractivity contribution in [3.05, 3.63) is 56.7 Å². The van der Waals surface area contributed by atoms with Crippen molar-refractivity contribution >= 4 is 34.9 Å². The number of hydrogen-bond donors (Lipinski definition) is 0. The van der Waals surface area contributed by atoms with Gasteiger partial charge in [0.25, 0.3) is 5.91 Å². The molecule has 4 rings (SSSR count). The molecule has 0 spiro atoms. The van der Waals surface area contributed by atoms with E-state index in [1.165, 1.54) is 4.88 Å². The minimum Gasteiger partial charge on any atom is -0.488 e. The van der Waals surface area contributed by atoms with Crippen LogP contribution in [0.1, 0.15) is 10.4 Å². The predicted octanol–water partition coefficient (Wildman–Crippen LogP) is 3.52. The standard InChI is InChI=1S/C19H19ClN2O2S/c20-18-6-5-16(25-18)12-21-7-9-22(10-8-21)19(23)15-11-14-3-1-2-4-17(14)24-13-15/h1-6,11H,7-10,12-13H2. The molecule has 0 aliphatic carbocycles. The summed E-state index contributed by atoms with van der Waals surface area (Å²) < 4.78 is 6.54. The highest BCUT2D eigenvalue weighted by Gasteiger charge is 2.25. The van der Waals surface area contributed by atoms with Crippen LogP contribution in [0.5, 0.6) is 5.75 Å². The van der Waals surface area contributed by atoms with Gasteiger partial charge in [0.15, 0.2) is 0 Å². The third-order valence-electron chi connectivity index (χ3n) is 4.57. The Bertz CT molecular complexity index is 809. The first-order valence-corrected chi connectivity index (χ1v) is 9.57. The van der Waals surface area contributed by atoms with E-state index in [0.717, 1.165) is 53.9 Å². The van der Waals surface area contributed by atoms with Gasteiger partial charge in [0.2, 0.25) is 0 Å². The first-order chi connectivity index (χ1) is 12.2. The number of amides is 1. The Balaban J connectivity index is 1.36. The molecule has 1 saturated heterocycles. The molecule has 0 bridgehead atoms. The Morgan fingerprint density at radius 3 is 2.68 bits per heavy atom. The fraction of sp³-hybridized carbons (Fsp3) is 0.316. The number of thiophene rings is 1. The van der Waals surface area contributed by atoms with E-state index < -0.39 is 0 Å². The van der Waals surface area contributed by atoms with E-state index >= 15 is 0 Å². The molecule has 3 heterocycles. The number of benzene rings is 1. The van der Waals surface area contributed by atoms with Crippen molar-refractivity contribution < 1.29 is 9.53 Å². The zero-order chi connectivity index (χ0) is 17.2. The Hall–Kier alpha value is -1.82. The summed E-state index contributed by atoms with van der Waals surface area (Å²) in [5.74, 6) is 0.937. The normalized spacial score (nSPS) is 17.6. The van der Waals surface area contributed by atoms with Crippen LogP contribution < -0.4 is 4.74 Å². The number of nitrogens with zero attached hydrogens (tertiary/aromatic N) is 2. The van der Waals surface area contributed by atoms with Crippen LogP contribution >= 0.6 is 22.9 Å². The largest absolute Gasteiger partial charge is 0.488 e. The topological polar surface area (TPSA) is 32.8 Å². The van der Waals surface area contributed by atoms with Crippen molar-refractivity contribution in [1.82, 2.24) is 9.80 Å². The molecule has 0 N–H and O–H groups in total. The molecular weight excluding hydrogens is 356 g/mol. The first kappa shape index (κ1) is 16.6. The molecule has 130 valence electrons. The second-order valence-electron chi connectivity index (χ2n) is 6.27. The number of fused-ring (bicyclic) bond motifs is 1. The summed E-state index contributed by atoms with van der Waals surface area (Å²) in [5.41, 5.74) is 1.71. The third-order valence-corrected chi connectivity index (χ3v) is 5.79. The summed E-state index contributed by atoms with van der Waals surface area (Å²) in [6, 6.07) is 11.8. The predicted molar refractivity (Wildman–Crippen MR) is 101 cm³/mol. The van der Waals surface area contributed by atoms with E-state index in [9.17, 15) is 4.79 Å². The van der Waals surface area contributed by atoms with E-state index in [1.807, 2.05) is 41.3 Å². The molecule has 2 aliphatic rings. The monoisotopic (exact) mass is 374 g/mol. The molecule has 0 atom stereocenters. The van der Waals surface area contributed by atoms with Crippen LogP contribution in [-0.4, -0.2) is 48.5 Å². The lowest BCUT2D eigenvalue weighted by Gasteiger charge is -2.35. The summed E-state index contributed by atoms with van der Waals surface area (Å²) in [6.07, 6.45) is 1.96. The van der Waals surface area contributed by atoms with Gasteiger partial charge in [-0.05, 0) is 24.3 Å². The van der Waals surface area contributed by atoms with Crippen LogP contribution in [0, 0.1) is 0 Å². The number of piperazine rings is 1. The molecule has 1 fully saturated rings. The second kappa shape index (κ2) is 7.20. The molecule has 0 radical (unpaired) electrons. The Morgan fingerprint density at radius 1 is 1.12 bits per heavy atom. The van der Waals surface area contributed by atoms with E-state index in [1.54, 1.807) is 11.3 Å². The average molecular weight is 375 g/mol. The molecule has 4 nitrogen and oxygen atoms in total. The lowest BCUT2D eigenvalue weighted by Crippen LogP contribution is -2.49. The van der Waals surface area contributed by atoms with Crippen molar-refractivity contribution in [2.45, 2.75) is 6.54 Å². The molecule has 1 aromatic heterocycles. The number of hydrogen-bond acceptors (Lipinski definition) is 4. The van der Waals surface area contributed by atoms with Gasteiger partial charge < -0.3 is 9.64 Å². The van der Waals surface area contributed by atoms with E-state index in [0.29, 0.717) is 6.61 Å². The van der Waals surface area contributed by atoms with E-state index in [4.69, 9.17) is 16.3 Å². The molecule has 1 amide bonds. The van der Waals surface area contributed by atoms with Crippen molar-refractivity contribution in [3.63, 3.8) is 0 Å². The fourth-order valence-corrected chi connectivity index (χ4v) is 4.34. The third kappa shape index (κ3) is 3.73. The van der Waals surface area contributed by atoms with Crippen molar-refractivity contribution in [1.29, 1.82) is 0 Å². The molecule has 2 aliphatic heterocycles. The number of para-hydroxylation sites is 1. The summed E-state index contributed by atoms with van der Waals surface area (Å²) in [6.45, 7) is 4.51. The first-order valence-electron chi connectivity index (χ1n) is 8.37. The van der Waals surface area contributed by atoms with Crippen LogP contribution in [0.15, 0.2) is 42.0 Å². The maximum absolute atomic E-state index is 12.8. The van der Waals surface area contributed by atoms with Crippen LogP contribution in [0.4, 0.5) is 0 Å². The van der Waals surface area contributed by atoms with E-state index in [2.05, 4.69) is 11.0 Å². The van der Waals surface area contributed by atoms with Gasteiger partial charge in [-0.2, -0.15) is 0 Å². The SMILES string of the molecule is O=C(C1=Cc2ccccc2OC1)N1CCN(Cc2ccc(Cl)s2)CC1. The van der Waals surface area contributed by atoms with Gasteiger partial charge in [0.1, 0.15) is 12.4 Å². The number of rotatable bonds is 3. The van der Waals surface area contributed by atoms with Gasteiger partial charge >= 0.3 is 0 Å². The van der Waals surface area contributed by atoms with Crippen molar-refractivity contribution in [2.24, 2.45) is 0 Å². The minimum absolute atomic E-state index is 0.0910. The lowest BCUT2D eigenvalue weighted by atomic mass is 10.1. The number of carbonyl (C=O) groups excluding carboxylic acids is 1. The van der Waals surface area contributed by atoms with Crippen LogP contribution in [0.3, 0.4) is 0 Å². The summed E-state index contributed by atoms with van der Waals surface area (Å²) in [4.78, 5) is 18.3. The van der Waals surface area contributed by atoms with Gasteiger partial charge in [-0.15, -0.1) is 11.3 Å². The van der Waals surface area contributed by atoms with Crippen molar-refractivity contribution in [2.75, 3.05) is 32.8 Å². The fourth-order valence-electron chi connectivity index (χ4n) is 3.21. The van der Waals surface area contributed by atoms with Crippen molar-refractivity contribution in [3.8, 4) is 5.75 Å². The number of ether oxygens (including phenoxy) is 1. The van der Waals surface area contributed by atoms with E-state index in [-0.39, 0.29) is 5.91 Å².